The number of carbonyl (C=O) groups excluding carboxylic acids is 1. The van der Waals surface area contributed by atoms with Crippen LogP contribution >= 0.6 is 0 Å². The summed E-state index contributed by atoms with van der Waals surface area (Å²) in [6, 6.07) is 18.9. The van der Waals surface area contributed by atoms with Crippen LogP contribution in [0.15, 0.2) is 54.6 Å². The molecule has 1 unspecified atom stereocenters. The van der Waals surface area contributed by atoms with Crippen molar-refractivity contribution in [3.05, 3.63) is 65.7 Å². The highest BCUT2D eigenvalue weighted by molar-refractivity contribution is 5.76. The van der Waals surface area contributed by atoms with Crippen molar-refractivity contribution in [3.8, 4) is 5.75 Å². The maximum atomic E-state index is 12.7. The van der Waals surface area contributed by atoms with Crippen LogP contribution in [0.3, 0.4) is 0 Å². The summed E-state index contributed by atoms with van der Waals surface area (Å²) < 4.78 is 5.26. The Kier molecular flexibility index (Phi) is 7.32. The summed E-state index contributed by atoms with van der Waals surface area (Å²) in [5, 5.41) is 0. The Morgan fingerprint density at radius 3 is 2.56 bits per heavy atom. The minimum Gasteiger partial charge on any atom is -0.497 e. The van der Waals surface area contributed by atoms with Crippen LogP contribution < -0.4 is 4.74 Å². The Bertz CT molecular complexity index is 696. The van der Waals surface area contributed by atoms with Crippen molar-refractivity contribution in [1.29, 1.82) is 0 Å². The highest BCUT2D eigenvalue weighted by Crippen LogP contribution is 2.28. The number of aryl methyl sites for hydroxylation is 1. The van der Waals surface area contributed by atoms with Crippen molar-refractivity contribution in [2.75, 3.05) is 20.2 Å². The molecule has 1 heterocycles. The monoisotopic (exact) mass is 365 g/mol. The van der Waals surface area contributed by atoms with Crippen LogP contribution in [0.2, 0.25) is 0 Å². The minimum atomic E-state index is 0.323. The Morgan fingerprint density at radius 2 is 1.81 bits per heavy atom. The Balaban J connectivity index is 1.49. The summed E-state index contributed by atoms with van der Waals surface area (Å²) in [6.07, 6.45) is 7.23. The second-order valence-electron chi connectivity index (χ2n) is 7.50. The molecular formula is C24H31NO2. The molecule has 3 nitrogen and oxygen atoms in total. The molecule has 27 heavy (non-hydrogen) atoms. The fourth-order valence-corrected chi connectivity index (χ4v) is 3.92. The normalized spacial score (nSPS) is 17.4. The quantitative estimate of drug-likeness (QED) is 0.631. The number of hydrogen-bond acceptors (Lipinski definition) is 2. The van der Waals surface area contributed by atoms with Gasteiger partial charge in [-0.1, -0.05) is 48.9 Å². The average Bonchev–Trinajstić information content (AvgIpc) is 2.98. The number of rotatable bonds is 7. The molecule has 0 aromatic heterocycles. The van der Waals surface area contributed by atoms with Gasteiger partial charge in [-0.2, -0.15) is 0 Å². The number of likely N-dealkylation sites (tertiary alicyclic amines) is 1. The molecule has 144 valence electrons. The predicted molar refractivity (Wildman–Crippen MR) is 110 cm³/mol. The third-order valence-corrected chi connectivity index (χ3v) is 5.56. The van der Waals surface area contributed by atoms with E-state index in [1.54, 1.807) is 7.11 Å². The van der Waals surface area contributed by atoms with Gasteiger partial charge in [0.1, 0.15) is 5.75 Å². The van der Waals surface area contributed by atoms with E-state index in [0.717, 1.165) is 50.9 Å². The van der Waals surface area contributed by atoms with Crippen molar-refractivity contribution in [3.63, 3.8) is 0 Å². The number of unbranched alkanes of at least 4 members (excludes halogenated alkanes) is 1. The molecule has 0 spiro atoms. The third-order valence-electron chi connectivity index (χ3n) is 5.56. The Hall–Kier alpha value is -2.29. The zero-order valence-corrected chi connectivity index (χ0v) is 16.4. The number of benzene rings is 2. The summed E-state index contributed by atoms with van der Waals surface area (Å²) in [7, 11) is 1.69. The molecule has 1 fully saturated rings. The highest BCUT2D eigenvalue weighted by Gasteiger charge is 2.22. The number of ether oxygens (including phenoxy) is 1. The molecule has 1 aliphatic heterocycles. The van der Waals surface area contributed by atoms with Gasteiger partial charge in [0.05, 0.1) is 7.11 Å². The SMILES string of the molecule is COc1ccc(C2CCCCN(C(=O)CCCCc3ccccc3)C2)cc1. The molecule has 3 heteroatoms. The molecule has 0 radical (unpaired) electrons. The number of carbonyl (C=O) groups is 1. The zero-order chi connectivity index (χ0) is 18.9. The second kappa shape index (κ2) is 10.1. The maximum absolute atomic E-state index is 12.7. The fourth-order valence-electron chi connectivity index (χ4n) is 3.92. The van der Waals surface area contributed by atoms with E-state index in [2.05, 4.69) is 41.3 Å². The average molecular weight is 366 g/mol. The molecule has 0 N–H and O–H groups in total. The lowest BCUT2D eigenvalue weighted by Gasteiger charge is -2.25. The van der Waals surface area contributed by atoms with Gasteiger partial charge >= 0.3 is 0 Å². The van der Waals surface area contributed by atoms with Gasteiger partial charge in [0, 0.05) is 25.4 Å². The van der Waals surface area contributed by atoms with E-state index >= 15 is 0 Å². The van der Waals surface area contributed by atoms with Crippen molar-refractivity contribution in [2.45, 2.75) is 50.9 Å². The van der Waals surface area contributed by atoms with Gasteiger partial charge in [-0.3, -0.25) is 4.79 Å². The molecule has 2 aromatic rings. The lowest BCUT2D eigenvalue weighted by atomic mass is 9.94. The van der Waals surface area contributed by atoms with Crippen LogP contribution in [-0.4, -0.2) is 31.0 Å². The largest absolute Gasteiger partial charge is 0.497 e. The highest BCUT2D eigenvalue weighted by atomic mass is 16.5. The van der Waals surface area contributed by atoms with Crippen LogP contribution in [0, 0.1) is 0 Å². The molecule has 3 rings (SSSR count). The number of nitrogens with zero attached hydrogens (tertiary/aromatic N) is 1. The predicted octanol–water partition coefficient (Wildman–Crippen LogP) is 5.20. The van der Waals surface area contributed by atoms with E-state index < -0.39 is 0 Å². The first-order valence-corrected chi connectivity index (χ1v) is 10.2. The molecular weight excluding hydrogens is 334 g/mol. The lowest BCUT2D eigenvalue weighted by molar-refractivity contribution is -0.131. The van der Waals surface area contributed by atoms with Gasteiger partial charge in [0.25, 0.3) is 0 Å². The smallest absolute Gasteiger partial charge is 0.222 e. The van der Waals surface area contributed by atoms with E-state index in [1.165, 1.54) is 17.5 Å². The van der Waals surface area contributed by atoms with Gasteiger partial charge in [0.2, 0.25) is 5.91 Å². The van der Waals surface area contributed by atoms with Gasteiger partial charge in [0.15, 0.2) is 0 Å². The van der Waals surface area contributed by atoms with E-state index in [0.29, 0.717) is 18.2 Å². The van der Waals surface area contributed by atoms with Crippen molar-refractivity contribution in [2.24, 2.45) is 0 Å². The summed E-state index contributed by atoms with van der Waals surface area (Å²) in [5.41, 5.74) is 2.68. The van der Waals surface area contributed by atoms with Gasteiger partial charge in [-0.25, -0.2) is 0 Å². The first kappa shape index (κ1) is 19.5. The zero-order valence-electron chi connectivity index (χ0n) is 16.4. The number of hydrogen-bond donors (Lipinski definition) is 0. The lowest BCUT2D eigenvalue weighted by Crippen LogP contribution is -2.33. The van der Waals surface area contributed by atoms with Crippen molar-refractivity contribution < 1.29 is 9.53 Å². The maximum Gasteiger partial charge on any atom is 0.222 e. The molecule has 0 saturated carbocycles. The second-order valence-corrected chi connectivity index (χ2v) is 7.50. The summed E-state index contributed by atoms with van der Waals surface area (Å²) >= 11 is 0. The van der Waals surface area contributed by atoms with Crippen molar-refractivity contribution in [1.82, 2.24) is 4.90 Å². The summed E-state index contributed by atoms with van der Waals surface area (Å²) in [4.78, 5) is 14.8. The molecule has 1 amide bonds. The Morgan fingerprint density at radius 1 is 1.04 bits per heavy atom. The first-order chi connectivity index (χ1) is 13.3. The third kappa shape index (κ3) is 5.85. The van der Waals surface area contributed by atoms with Gasteiger partial charge in [-0.05, 0) is 55.4 Å². The minimum absolute atomic E-state index is 0.323. The van der Waals surface area contributed by atoms with Gasteiger partial charge in [-0.15, -0.1) is 0 Å². The standard InChI is InChI=1S/C24H31NO2/c1-27-23-16-14-21(15-17-23)22-12-7-8-18-25(19-22)24(26)13-6-5-11-20-9-3-2-4-10-20/h2-4,9-10,14-17,22H,5-8,11-13,18-19H2,1H3. The molecule has 1 atom stereocenters. The topological polar surface area (TPSA) is 29.5 Å². The van der Waals surface area contributed by atoms with Crippen LogP contribution in [-0.2, 0) is 11.2 Å². The van der Waals surface area contributed by atoms with Crippen molar-refractivity contribution >= 4 is 5.91 Å². The molecule has 0 bridgehead atoms. The number of methoxy groups -OCH3 is 1. The first-order valence-electron chi connectivity index (χ1n) is 10.2. The summed E-state index contributed by atoms with van der Waals surface area (Å²) in [6.45, 7) is 1.76. The van der Waals surface area contributed by atoms with Crippen LogP contribution in [0.4, 0.5) is 0 Å². The molecule has 2 aromatic carbocycles. The van der Waals surface area contributed by atoms with E-state index in [4.69, 9.17) is 4.74 Å². The van der Waals surface area contributed by atoms with Crippen LogP contribution in [0.25, 0.3) is 0 Å². The fraction of sp³-hybridized carbons (Fsp3) is 0.458. The number of amides is 1. The van der Waals surface area contributed by atoms with Crippen LogP contribution in [0.5, 0.6) is 5.75 Å². The van der Waals surface area contributed by atoms with E-state index in [9.17, 15) is 4.79 Å². The summed E-state index contributed by atoms with van der Waals surface area (Å²) in [5.74, 6) is 1.65. The van der Waals surface area contributed by atoms with E-state index in [-0.39, 0.29) is 0 Å². The Labute approximate surface area is 163 Å². The molecule has 1 saturated heterocycles. The van der Waals surface area contributed by atoms with Gasteiger partial charge < -0.3 is 9.64 Å². The van der Waals surface area contributed by atoms with E-state index in [1.807, 2.05) is 18.2 Å². The molecule has 1 aliphatic rings. The van der Waals surface area contributed by atoms with Crippen LogP contribution in [0.1, 0.15) is 55.6 Å². The molecule has 0 aliphatic carbocycles.